The summed E-state index contributed by atoms with van der Waals surface area (Å²) < 4.78 is 5.42. The number of rotatable bonds is 4. The highest BCUT2D eigenvalue weighted by atomic mass is 16.5. The van der Waals surface area contributed by atoms with Crippen LogP contribution in [0.25, 0.3) is 0 Å². The summed E-state index contributed by atoms with van der Waals surface area (Å²) in [6.45, 7) is 2.93. The minimum Gasteiger partial charge on any atom is -0.479 e. The first-order chi connectivity index (χ1) is 9.11. The van der Waals surface area contributed by atoms with E-state index in [4.69, 9.17) is 4.74 Å². The molecule has 1 aromatic carbocycles. The van der Waals surface area contributed by atoms with Crippen LogP contribution in [0, 0.1) is 0 Å². The molecule has 0 spiro atoms. The summed E-state index contributed by atoms with van der Waals surface area (Å²) in [7, 11) is 1.82. The molecule has 6 heteroatoms. The number of anilines is 1. The lowest BCUT2D eigenvalue weighted by molar-refractivity contribution is -0.122. The van der Waals surface area contributed by atoms with E-state index in [0.717, 1.165) is 0 Å². The summed E-state index contributed by atoms with van der Waals surface area (Å²) in [6.07, 6.45) is -0.511. The predicted molar refractivity (Wildman–Crippen MR) is 71.4 cm³/mol. The molecule has 1 aromatic rings. The molecule has 2 amide bonds. The topological polar surface area (TPSA) is 79.5 Å². The quantitative estimate of drug-likeness (QED) is 0.685. The van der Waals surface area contributed by atoms with E-state index >= 15 is 0 Å². The summed E-state index contributed by atoms with van der Waals surface area (Å²) in [4.78, 5) is 23.4. The van der Waals surface area contributed by atoms with E-state index in [1.807, 2.05) is 7.05 Å². The first kappa shape index (κ1) is 13.4. The Morgan fingerprint density at radius 1 is 1.42 bits per heavy atom. The van der Waals surface area contributed by atoms with Crippen molar-refractivity contribution in [3.05, 3.63) is 23.8 Å². The zero-order valence-corrected chi connectivity index (χ0v) is 10.9. The predicted octanol–water partition coefficient (Wildman–Crippen LogP) is 0.355. The van der Waals surface area contributed by atoms with Gasteiger partial charge in [-0.1, -0.05) is 0 Å². The van der Waals surface area contributed by atoms with Gasteiger partial charge in [-0.05, 0) is 32.2 Å². The Hall–Kier alpha value is -2.08. The molecule has 0 aliphatic carbocycles. The molecule has 1 atom stereocenters. The van der Waals surface area contributed by atoms with Crippen LogP contribution in [0.3, 0.4) is 0 Å². The lowest BCUT2D eigenvalue weighted by Gasteiger charge is -2.23. The first-order valence-electron chi connectivity index (χ1n) is 6.16. The molecule has 0 bridgehead atoms. The molecule has 6 nitrogen and oxygen atoms in total. The second kappa shape index (κ2) is 5.71. The van der Waals surface area contributed by atoms with E-state index in [1.54, 1.807) is 25.1 Å². The maximum Gasteiger partial charge on any atom is 0.265 e. The molecule has 19 heavy (non-hydrogen) atoms. The van der Waals surface area contributed by atoms with Gasteiger partial charge in [0, 0.05) is 18.7 Å². The largest absolute Gasteiger partial charge is 0.479 e. The minimum atomic E-state index is -0.511. The van der Waals surface area contributed by atoms with Crippen molar-refractivity contribution in [1.29, 1.82) is 0 Å². The number of ether oxygens (including phenoxy) is 1. The third kappa shape index (κ3) is 3.03. The van der Waals surface area contributed by atoms with Crippen LogP contribution in [0.1, 0.15) is 17.3 Å². The Morgan fingerprint density at radius 2 is 2.21 bits per heavy atom. The molecule has 1 heterocycles. The lowest BCUT2D eigenvalue weighted by atomic mass is 10.1. The van der Waals surface area contributed by atoms with Crippen LogP contribution in [0.15, 0.2) is 18.2 Å². The van der Waals surface area contributed by atoms with E-state index in [2.05, 4.69) is 16.0 Å². The number of hydrogen-bond donors (Lipinski definition) is 3. The maximum absolute atomic E-state index is 11.9. The van der Waals surface area contributed by atoms with Crippen molar-refractivity contribution in [2.45, 2.75) is 13.0 Å². The van der Waals surface area contributed by atoms with Gasteiger partial charge in [-0.2, -0.15) is 0 Å². The van der Waals surface area contributed by atoms with E-state index in [1.165, 1.54) is 0 Å². The Balaban J connectivity index is 2.10. The van der Waals surface area contributed by atoms with Gasteiger partial charge in [0.2, 0.25) is 0 Å². The molecule has 2 rings (SSSR count). The zero-order valence-electron chi connectivity index (χ0n) is 10.9. The lowest BCUT2D eigenvalue weighted by Crippen LogP contribution is -2.35. The van der Waals surface area contributed by atoms with E-state index < -0.39 is 6.10 Å². The molecular weight excluding hydrogens is 246 g/mol. The highest BCUT2D eigenvalue weighted by Gasteiger charge is 2.24. The van der Waals surface area contributed by atoms with Gasteiger partial charge in [0.05, 0.1) is 5.69 Å². The summed E-state index contributed by atoms with van der Waals surface area (Å²) in [6, 6.07) is 4.99. The number of amides is 2. The van der Waals surface area contributed by atoms with Crippen molar-refractivity contribution < 1.29 is 14.3 Å². The smallest absolute Gasteiger partial charge is 0.265 e. The average molecular weight is 263 g/mol. The number of fused-ring (bicyclic) bond motifs is 1. The molecule has 3 N–H and O–H groups in total. The number of benzene rings is 1. The molecule has 0 radical (unpaired) electrons. The SMILES string of the molecule is CNCCNC(=O)c1ccc2c(c1)NC(=O)C(C)O2. The molecule has 0 aromatic heterocycles. The third-order valence-corrected chi connectivity index (χ3v) is 2.83. The molecule has 1 unspecified atom stereocenters. The minimum absolute atomic E-state index is 0.175. The molecular formula is C13H17N3O3. The number of likely N-dealkylation sites (N-methyl/N-ethyl adjacent to an activating group) is 1. The van der Waals surface area contributed by atoms with Gasteiger partial charge in [0.1, 0.15) is 5.75 Å². The number of carbonyl (C=O) groups excluding carboxylic acids is 2. The van der Waals surface area contributed by atoms with Crippen LogP contribution in [0.5, 0.6) is 5.75 Å². The second-order valence-corrected chi connectivity index (χ2v) is 4.32. The zero-order chi connectivity index (χ0) is 13.8. The van der Waals surface area contributed by atoms with Crippen LogP contribution in [-0.4, -0.2) is 38.1 Å². The van der Waals surface area contributed by atoms with Crippen LogP contribution in [-0.2, 0) is 4.79 Å². The summed E-state index contributed by atoms with van der Waals surface area (Å²) in [5, 5.41) is 8.43. The van der Waals surface area contributed by atoms with E-state index in [9.17, 15) is 9.59 Å². The Kier molecular flexibility index (Phi) is 4.01. The van der Waals surface area contributed by atoms with Crippen LogP contribution in [0.4, 0.5) is 5.69 Å². The van der Waals surface area contributed by atoms with E-state index in [0.29, 0.717) is 30.1 Å². The molecule has 1 aliphatic rings. The first-order valence-corrected chi connectivity index (χ1v) is 6.16. The van der Waals surface area contributed by atoms with Gasteiger partial charge in [0.15, 0.2) is 6.10 Å². The molecule has 102 valence electrons. The van der Waals surface area contributed by atoms with Gasteiger partial charge in [-0.25, -0.2) is 0 Å². The molecule has 0 saturated heterocycles. The number of nitrogens with one attached hydrogen (secondary N) is 3. The summed E-state index contributed by atoms with van der Waals surface area (Å²) in [5.74, 6) is 0.199. The third-order valence-electron chi connectivity index (χ3n) is 2.83. The number of hydrogen-bond acceptors (Lipinski definition) is 4. The monoisotopic (exact) mass is 263 g/mol. The van der Waals surface area contributed by atoms with Crippen molar-refractivity contribution in [2.24, 2.45) is 0 Å². The van der Waals surface area contributed by atoms with Crippen molar-refractivity contribution in [3.63, 3.8) is 0 Å². The van der Waals surface area contributed by atoms with Crippen molar-refractivity contribution in [1.82, 2.24) is 10.6 Å². The number of carbonyl (C=O) groups is 2. The fourth-order valence-corrected chi connectivity index (χ4v) is 1.75. The van der Waals surface area contributed by atoms with Crippen molar-refractivity contribution in [2.75, 3.05) is 25.5 Å². The standard InChI is InChI=1S/C13H17N3O3/c1-8-12(17)16-10-7-9(3-4-11(10)19-8)13(18)15-6-5-14-2/h3-4,7-8,14H,5-6H2,1-2H3,(H,15,18)(H,16,17). The van der Waals surface area contributed by atoms with E-state index in [-0.39, 0.29) is 11.8 Å². The maximum atomic E-state index is 11.9. The Bertz CT molecular complexity index is 502. The molecule has 1 aliphatic heterocycles. The van der Waals surface area contributed by atoms with Gasteiger partial charge < -0.3 is 20.7 Å². The molecule has 0 saturated carbocycles. The fourth-order valence-electron chi connectivity index (χ4n) is 1.75. The second-order valence-electron chi connectivity index (χ2n) is 4.32. The average Bonchev–Trinajstić information content (AvgIpc) is 2.40. The molecule has 0 fully saturated rings. The highest BCUT2D eigenvalue weighted by molar-refractivity contribution is 6.00. The Labute approximate surface area is 111 Å². The normalized spacial score (nSPS) is 17.2. The summed E-state index contributed by atoms with van der Waals surface area (Å²) >= 11 is 0. The van der Waals surface area contributed by atoms with Gasteiger partial charge in [-0.15, -0.1) is 0 Å². The van der Waals surface area contributed by atoms with Gasteiger partial charge >= 0.3 is 0 Å². The van der Waals surface area contributed by atoms with Gasteiger partial charge in [0.25, 0.3) is 11.8 Å². The van der Waals surface area contributed by atoms with Crippen LogP contribution in [0.2, 0.25) is 0 Å². The van der Waals surface area contributed by atoms with Crippen molar-refractivity contribution >= 4 is 17.5 Å². The summed E-state index contributed by atoms with van der Waals surface area (Å²) in [5.41, 5.74) is 1.03. The van der Waals surface area contributed by atoms with Crippen molar-refractivity contribution in [3.8, 4) is 5.75 Å². The van der Waals surface area contributed by atoms with Crippen LogP contribution < -0.4 is 20.7 Å². The fraction of sp³-hybridized carbons (Fsp3) is 0.385. The van der Waals surface area contributed by atoms with Crippen LogP contribution >= 0.6 is 0 Å². The Morgan fingerprint density at radius 3 is 2.95 bits per heavy atom. The van der Waals surface area contributed by atoms with Gasteiger partial charge in [-0.3, -0.25) is 9.59 Å². The highest BCUT2D eigenvalue weighted by Crippen LogP contribution is 2.30.